The minimum atomic E-state index is -0.321. The highest BCUT2D eigenvalue weighted by Gasteiger charge is 2.20. The summed E-state index contributed by atoms with van der Waals surface area (Å²) in [5.41, 5.74) is 0. The molecule has 1 aliphatic carbocycles. The quantitative estimate of drug-likeness (QED) is 0.767. The molecule has 0 bridgehead atoms. The molecule has 4 heteroatoms. The first-order chi connectivity index (χ1) is 8.78. The number of β-amino-alcohol motifs (C(OH)–C–C–N with tert-alkyl or cyclic N) is 1. The lowest BCUT2D eigenvalue weighted by Crippen LogP contribution is -2.48. The van der Waals surface area contributed by atoms with E-state index in [1.807, 2.05) is 0 Å². The van der Waals surface area contributed by atoms with Gasteiger partial charge in [-0.2, -0.15) is 0 Å². The van der Waals surface area contributed by atoms with Crippen molar-refractivity contribution in [1.82, 2.24) is 9.80 Å². The van der Waals surface area contributed by atoms with Gasteiger partial charge in [0.2, 0.25) is 0 Å². The fourth-order valence-corrected chi connectivity index (χ4v) is 2.94. The van der Waals surface area contributed by atoms with Crippen LogP contribution in [0.5, 0.6) is 0 Å². The Labute approximate surface area is 111 Å². The van der Waals surface area contributed by atoms with E-state index in [4.69, 9.17) is 4.74 Å². The summed E-state index contributed by atoms with van der Waals surface area (Å²) in [6, 6.07) is 0. The lowest BCUT2D eigenvalue weighted by atomic mass is 10.2. The van der Waals surface area contributed by atoms with Crippen LogP contribution in [0.15, 0.2) is 0 Å². The van der Waals surface area contributed by atoms with Crippen LogP contribution in [-0.4, -0.2) is 73.0 Å². The summed E-state index contributed by atoms with van der Waals surface area (Å²) in [6.45, 7) is 9.05. The molecule has 0 aromatic rings. The minimum absolute atomic E-state index is 0.321. The second-order valence-corrected chi connectivity index (χ2v) is 5.63. The van der Waals surface area contributed by atoms with Crippen molar-refractivity contribution in [3.63, 3.8) is 0 Å². The lowest BCUT2D eigenvalue weighted by Gasteiger charge is -2.35. The molecular weight excluding hydrogens is 228 g/mol. The summed E-state index contributed by atoms with van der Waals surface area (Å²) < 4.78 is 5.76. The topological polar surface area (TPSA) is 35.9 Å². The number of hydrogen-bond acceptors (Lipinski definition) is 4. The Morgan fingerprint density at radius 2 is 1.72 bits per heavy atom. The Morgan fingerprint density at radius 1 is 1.11 bits per heavy atom. The maximum absolute atomic E-state index is 10.0. The molecule has 1 aliphatic heterocycles. The van der Waals surface area contributed by atoms with Crippen LogP contribution in [0.25, 0.3) is 0 Å². The molecule has 4 nitrogen and oxygen atoms in total. The predicted octanol–water partition coefficient (Wildman–Crippen LogP) is 0.944. The fraction of sp³-hybridized carbons (Fsp3) is 1.00. The second kappa shape index (κ2) is 7.43. The summed E-state index contributed by atoms with van der Waals surface area (Å²) in [7, 11) is 0. The van der Waals surface area contributed by atoms with Crippen LogP contribution in [0.2, 0.25) is 0 Å². The third-order valence-corrected chi connectivity index (χ3v) is 4.21. The number of aliphatic hydroxyl groups excluding tert-OH is 1. The molecule has 0 unspecified atom stereocenters. The third-order valence-electron chi connectivity index (χ3n) is 4.21. The molecule has 1 saturated carbocycles. The number of nitrogens with zero attached hydrogens (tertiary/aromatic N) is 2. The Bertz CT molecular complexity index is 224. The number of ether oxygens (including phenoxy) is 1. The summed E-state index contributed by atoms with van der Waals surface area (Å²) in [5, 5.41) is 10.0. The van der Waals surface area contributed by atoms with E-state index in [0.717, 1.165) is 39.3 Å². The van der Waals surface area contributed by atoms with Crippen LogP contribution in [0.1, 0.15) is 32.6 Å². The Kier molecular flexibility index (Phi) is 5.89. The molecule has 106 valence electrons. The van der Waals surface area contributed by atoms with Crippen LogP contribution in [-0.2, 0) is 4.74 Å². The number of likely N-dealkylation sites (N-methyl/N-ethyl adjacent to an activating group) is 1. The smallest absolute Gasteiger partial charge is 0.0900 e. The SMILES string of the molecule is CCN1CCN(C[C@@H](O)COC2CCCC2)CC1. The molecule has 1 saturated heterocycles. The normalized spacial score (nSPS) is 25.7. The van der Waals surface area contributed by atoms with E-state index in [9.17, 15) is 5.11 Å². The first kappa shape index (κ1) is 14.3. The molecule has 2 aliphatic rings. The van der Waals surface area contributed by atoms with Gasteiger partial charge in [0.25, 0.3) is 0 Å². The van der Waals surface area contributed by atoms with Crippen molar-refractivity contribution < 1.29 is 9.84 Å². The average Bonchev–Trinajstić information content (AvgIpc) is 2.90. The van der Waals surface area contributed by atoms with Crippen LogP contribution in [0.3, 0.4) is 0 Å². The van der Waals surface area contributed by atoms with Crippen molar-refractivity contribution in [2.24, 2.45) is 0 Å². The van der Waals surface area contributed by atoms with Crippen LogP contribution in [0, 0.1) is 0 Å². The monoisotopic (exact) mass is 256 g/mol. The van der Waals surface area contributed by atoms with E-state index in [1.165, 1.54) is 25.7 Å². The molecule has 1 N–H and O–H groups in total. The van der Waals surface area contributed by atoms with Crippen molar-refractivity contribution in [3.8, 4) is 0 Å². The highest BCUT2D eigenvalue weighted by atomic mass is 16.5. The molecule has 0 radical (unpaired) electrons. The van der Waals surface area contributed by atoms with Gasteiger partial charge in [-0.3, -0.25) is 4.90 Å². The zero-order valence-corrected chi connectivity index (χ0v) is 11.7. The third kappa shape index (κ3) is 4.50. The predicted molar refractivity (Wildman–Crippen MR) is 72.8 cm³/mol. The average molecular weight is 256 g/mol. The van der Waals surface area contributed by atoms with Gasteiger partial charge in [-0.15, -0.1) is 0 Å². The van der Waals surface area contributed by atoms with E-state index < -0.39 is 0 Å². The standard InChI is InChI=1S/C14H28N2O2/c1-2-15-7-9-16(10-8-15)11-13(17)12-18-14-5-3-4-6-14/h13-14,17H,2-12H2,1H3/t13-/m1/s1. The van der Waals surface area contributed by atoms with Crippen molar-refractivity contribution >= 4 is 0 Å². The Morgan fingerprint density at radius 3 is 2.33 bits per heavy atom. The molecule has 0 amide bonds. The molecule has 0 spiro atoms. The maximum atomic E-state index is 10.0. The van der Waals surface area contributed by atoms with Gasteiger partial charge in [0.1, 0.15) is 0 Å². The van der Waals surface area contributed by atoms with Gasteiger partial charge < -0.3 is 14.7 Å². The number of piperazine rings is 1. The summed E-state index contributed by atoms with van der Waals surface area (Å²) in [5.74, 6) is 0. The van der Waals surface area contributed by atoms with Gasteiger partial charge in [-0.05, 0) is 19.4 Å². The largest absolute Gasteiger partial charge is 0.389 e. The van der Waals surface area contributed by atoms with Crippen molar-refractivity contribution in [2.75, 3.05) is 45.9 Å². The summed E-state index contributed by atoms with van der Waals surface area (Å²) in [4.78, 5) is 4.81. The minimum Gasteiger partial charge on any atom is -0.389 e. The highest BCUT2D eigenvalue weighted by Crippen LogP contribution is 2.20. The molecule has 18 heavy (non-hydrogen) atoms. The lowest BCUT2D eigenvalue weighted by molar-refractivity contribution is -0.0231. The van der Waals surface area contributed by atoms with Crippen LogP contribution >= 0.6 is 0 Å². The molecule has 1 atom stereocenters. The molecule has 2 fully saturated rings. The van der Waals surface area contributed by atoms with Crippen LogP contribution in [0.4, 0.5) is 0 Å². The van der Waals surface area contributed by atoms with Crippen molar-refractivity contribution in [2.45, 2.75) is 44.8 Å². The molecular formula is C14H28N2O2. The Balaban J connectivity index is 1.57. The van der Waals surface area contributed by atoms with Gasteiger partial charge in [0, 0.05) is 32.7 Å². The Hall–Kier alpha value is -0.160. The van der Waals surface area contributed by atoms with Crippen molar-refractivity contribution in [3.05, 3.63) is 0 Å². The molecule has 2 rings (SSSR count). The molecule has 0 aromatic carbocycles. The summed E-state index contributed by atoms with van der Waals surface area (Å²) >= 11 is 0. The van der Waals surface area contributed by atoms with Gasteiger partial charge in [0.15, 0.2) is 0 Å². The zero-order chi connectivity index (χ0) is 12.8. The number of aliphatic hydroxyl groups is 1. The number of rotatable bonds is 6. The molecule has 0 aromatic heterocycles. The first-order valence-corrected chi connectivity index (χ1v) is 7.52. The van der Waals surface area contributed by atoms with Gasteiger partial charge in [-0.1, -0.05) is 19.8 Å². The van der Waals surface area contributed by atoms with E-state index in [1.54, 1.807) is 0 Å². The van der Waals surface area contributed by atoms with Gasteiger partial charge in [-0.25, -0.2) is 0 Å². The van der Waals surface area contributed by atoms with E-state index >= 15 is 0 Å². The van der Waals surface area contributed by atoms with E-state index in [0.29, 0.717) is 12.7 Å². The molecule has 1 heterocycles. The van der Waals surface area contributed by atoms with E-state index in [-0.39, 0.29) is 6.10 Å². The van der Waals surface area contributed by atoms with E-state index in [2.05, 4.69) is 16.7 Å². The van der Waals surface area contributed by atoms with Crippen LogP contribution < -0.4 is 0 Å². The maximum Gasteiger partial charge on any atom is 0.0900 e. The first-order valence-electron chi connectivity index (χ1n) is 7.52. The zero-order valence-electron chi connectivity index (χ0n) is 11.7. The van der Waals surface area contributed by atoms with Gasteiger partial charge >= 0.3 is 0 Å². The van der Waals surface area contributed by atoms with Gasteiger partial charge in [0.05, 0.1) is 18.8 Å². The summed E-state index contributed by atoms with van der Waals surface area (Å²) in [6.07, 6.45) is 5.04. The van der Waals surface area contributed by atoms with Crippen molar-refractivity contribution in [1.29, 1.82) is 0 Å². The second-order valence-electron chi connectivity index (χ2n) is 5.63. The fourth-order valence-electron chi connectivity index (χ4n) is 2.94. The number of hydrogen-bond donors (Lipinski definition) is 1. The highest BCUT2D eigenvalue weighted by molar-refractivity contribution is 4.74.